The summed E-state index contributed by atoms with van der Waals surface area (Å²) in [5, 5.41) is 3.39. The average Bonchev–Trinajstić information content (AvgIpc) is 3.13. The van der Waals surface area contributed by atoms with Crippen LogP contribution in [0, 0.1) is 5.92 Å². The molecule has 2 heterocycles. The summed E-state index contributed by atoms with van der Waals surface area (Å²) in [5.74, 6) is 1.69. The molecule has 2 rings (SSSR count). The summed E-state index contributed by atoms with van der Waals surface area (Å²) in [7, 11) is 3.11. The molecule has 1 aliphatic rings. The number of aliphatic imine (C=N–C) groups is 1. The number of nitrogens with zero attached hydrogens (tertiary/aromatic N) is 2. The molecule has 24 heavy (non-hydrogen) atoms. The molecule has 1 aromatic rings. The molecule has 1 fully saturated rings. The van der Waals surface area contributed by atoms with Gasteiger partial charge in [-0.15, -0.1) is 0 Å². The predicted octanol–water partition coefficient (Wildman–Crippen LogP) is 1.30. The highest BCUT2D eigenvalue weighted by molar-refractivity contribution is 5.80. The lowest BCUT2D eigenvalue weighted by molar-refractivity contribution is -0.146. The number of likely N-dealkylation sites (tertiary alicyclic amines) is 1. The van der Waals surface area contributed by atoms with Crippen molar-refractivity contribution < 1.29 is 18.7 Å². The van der Waals surface area contributed by atoms with Gasteiger partial charge in [0.05, 0.1) is 32.4 Å². The van der Waals surface area contributed by atoms with Crippen LogP contribution >= 0.6 is 0 Å². The first-order chi connectivity index (χ1) is 11.7. The molecule has 0 radical (unpaired) electrons. The highest BCUT2D eigenvalue weighted by Gasteiger charge is 2.27. The lowest BCUT2D eigenvalue weighted by Crippen LogP contribution is -2.47. The number of esters is 1. The molecule has 1 aliphatic heterocycles. The first-order valence-electron chi connectivity index (χ1n) is 8.37. The Morgan fingerprint density at radius 3 is 2.83 bits per heavy atom. The number of carbonyl (C=O) groups excluding carboxylic acids is 1. The smallest absolute Gasteiger partial charge is 0.308 e. The Hall–Kier alpha value is -2.02. The van der Waals surface area contributed by atoms with E-state index in [4.69, 9.17) is 13.9 Å². The molecule has 134 valence electrons. The number of rotatable bonds is 7. The van der Waals surface area contributed by atoms with E-state index in [0.29, 0.717) is 13.2 Å². The number of nitrogens with one attached hydrogen (secondary N) is 1. The van der Waals surface area contributed by atoms with Crippen molar-refractivity contribution in [1.29, 1.82) is 0 Å². The summed E-state index contributed by atoms with van der Waals surface area (Å²) in [6.45, 7) is 3.52. The van der Waals surface area contributed by atoms with Gasteiger partial charge in [0.1, 0.15) is 5.76 Å². The molecule has 0 saturated carbocycles. The number of carbonyl (C=O) groups is 1. The van der Waals surface area contributed by atoms with Gasteiger partial charge in [0.15, 0.2) is 5.96 Å². The molecule has 0 atom stereocenters. The fourth-order valence-corrected chi connectivity index (χ4v) is 2.76. The Labute approximate surface area is 143 Å². The lowest BCUT2D eigenvalue weighted by atomic mass is 9.97. The Bertz CT molecular complexity index is 508. The van der Waals surface area contributed by atoms with E-state index < -0.39 is 0 Å². The van der Waals surface area contributed by atoms with Gasteiger partial charge < -0.3 is 24.1 Å². The van der Waals surface area contributed by atoms with Gasteiger partial charge in [-0.3, -0.25) is 9.79 Å². The van der Waals surface area contributed by atoms with Crippen LogP contribution in [0.25, 0.3) is 0 Å². The maximum absolute atomic E-state index is 11.6. The third kappa shape index (κ3) is 5.56. The zero-order chi connectivity index (χ0) is 17.2. The van der Waals surface area contributed by atoms with E-state index >= 15 is 0 Å². The van der Waals surface area contributed by atoms with Crippen molar-refractivity contribution in [2.45, 2.75) is 19.3 Å². The molecule has 0 amide bonds. The number of hydrogen-bond acceptors (Lipinski definition) is 5. The van der Waals surface area contributed by atoms with Gasteiger partial charge in [0.2, 0.25) is 0 Å². The van der Waals surface area contributed by atoms with Crippen LogP contribution in [0.4, 0.5) is 0 Å². The molecule has 1 N–H and O–H groups in total. The SMILES string of the molecule is COCCN=C(NCCc1ccco1)N1CCC(C(=O)OC)CC1. The Balaban J connectivity index is 1.86. The van der Waals surface area contributed by atoms with Crippen molar-refractivity contribution in [3.63, 3.8) is 0 Å². The molecule has 1 saturated heterocycles. The minimum Gasteiger partial charge on any atom is -0.469 e. The number of furan rings is 1. The number of hydrogen-bond donors (Lipinski definition) is 1. The van der Waals surface area contributed by atoms with Crippen LogP contribution < -0.4 is 5.32 Å². The van der Waals surface area contributed by atoms with Gasteiger partial charge >= 0.3 is 5.97 Å². The van der Waals surface area contributed by atoms with Crippen molar-refractivity contribution in [2.24, 2.45) is 10.9 Å². The van der Waals surface area contributed by atoms with E-state index in [0.717, 1.165) is 50.6 Å². The van der Waals surface area contributed by atoms with Gasteiger partial charge in [-0.05, 0) is 25.0 Å². The van der Waals surface area contributed by atoms with Crippen LogP contribution in [0.1, 0.15) is 18.6 Å². The van der Waals surface area contributed by atoms with Crippen LogP contribution in [-0.2, 0) is 20.7 Å². The summed E-state index contributed by atoms with van der Waals surface area (Å²) in [5.41, 5.74) is 0. The molecule has 7 heteroatoms. The van der Waals surface area contributed by atoms with Gasteiger partial charge in [0.25, 0.3) is 0 Å². The second kappa shape index (κ2) is 9.97. The van der Waals surface area contributed by atoms with Gasteiger partial charge in [-0.1, -0.05) is 0 Å². The van der Waals surface area contributed by atoms with Crippen molar-refractivity contribution in [1.82, 2.24) is 10.2 Å². The molecule has 7 nitrogen and oxygen atoms in total. The molecule has 1 aromatic heterocycles. The minimum atomic E-state index is -0.113. The van der Waals surface area contributed by atoms with Crippen LogP contribution in [-0.4, -0.2) is 63.8 Å². The topological polar surface area (TPSA) is 76.3 Å². The molecular formula is C17H27N3O4. The third-order valence-electron chi connectivity index (χ3n) is 4.12. The highest BCUT2D eigenvalue weighted by Crippen LogP contribution is 2.18. The normalized spacial score (nSPS) is 16.2. The second-order valence-electron chi connectivity index (χ2n) is 5.74. The molecule has 0 spiro atoms. The summed E-state index contributed by atoms with van der Waals surface area (Å²) >= 11 is 0. The maximum atomic E-state index is 11.6. The van der Waals surface area contributed by atoms with Crippen molar-refractivity contribution in [2.75, 3.05) is 47.0 Å². The maximum Gasteiger partial charge on any atom is 0.308 e. The van der Waals surface area contributed by atoms with E-state index in [-0.39, 0.29) is 11.9 Å². The number of piperidine rings is 1. The van der Waals surface area contributed by atoms with E-state index in [1.165, 1.54) is 7.11 Å². The van der Waals surface area contributed by atoms with Crippen LogP contribution in [0.5, 0.6) is 0 Å². The van der Waals surface area contributed by atoms with Gasteiger partial charge in [0, 0.05) is 33.2 Å². The Morgan fingerprint density at radius 1 is 1.42 bits per heavy atom. The molecule has 0 bridgehead atoms. The first-order valence-corrected chi connectivity index (χ1v) is 8.37. The number of methoxy groups -OCH3 is 2. The van der Waals surface area contributed by atoms with Crippen molar-refractivity contribution >= 4 is 11.9 Å². The van der Waals surface area contributed by atoms with Crippen molar-refractivity contribution in [3.8, 4) is 0 Å². The fraction of sp³-hybridized carbons (Fsp3) is 0.647. The third-order valence-corrected chi connectivity index (χ3v) is 4.12. The van der Waals surface area contributed by atoms with Crippen LogP contribution in [0.2, 0.25) is 0 Å². The van der Waals surface area contributed by atoms with E-state index in [9.17, 15) is 4.79 Å². The monoisotopic (exact) mass is 337 g/mol. The Morgan fingerprint density at radius 2 is 2.21 bits per heavy atom. The quantitative estimate of drug-likeness (QED) is 0.350. The summed E-state index contributed by atoms with van der Waals surface area (Å²) in [6, 6.07) is 3.85. The first kappa shape index (κ1) is 18.3. The lowest BCUT2D eigenvalue weighted by Gasteiger charge is -2.33. The molecule has 0 unspecified atom stereocenters. The van der Waals surface area contributed by atoms with E-state index in [1.54, 1.807) is 13.4 Å². The van der Waals surface area contributed by atoms with E-state index in [2.05, 4.69) is 15.2 Å². The molecular weight excluding hydrogens is 310 g/mol. The summed E-state index contributed by atoms with van der Waals surface area (Å²) < 4.78 is 15.3. The molecule has 0 aromatic carbocycles. The largest absolute Gasteiger partial charge is 0.469 e. The number of guanidine groups is 1. The van der Waals surface area contributed by atoms with Gasteiger partial charge in [-0.25, -0.2) is 0 Å². The zero-order valence-corrected chi connectivity index (χ0v) is 14.5. The summed E-state index contributed by atoms with van der Waals surface area (Å²) in [6.07, 6.45) is 4.06. The molecule has 0 aliphatic carbocycles. The van der Waals surface area contributed by atoms with Gasteiger partial charge in [-0.2, -0.15) is 0 Å². The van der Waals surface area contributed by atoms with Crippen LogP contribution in [0.3, 0.4) is 0 Å². The van der Waals surface area contributed by atoms with E-state index in [1.807, 2.05) is 12.1 Å². The van der Waals surface area contributed by atoms with Crippen LogP contribution in [0.15, 0.2) is 27.8 Å². The fourth-order valence-electron chi connectivity index (χ4n) is 2.76. The number of ether oxygens (including phenoxy) is 2. The minimum absolute atomic E-state index is 0.00501. The zero-order valence-electron chi connectivity index (χ0n) is 14.5. The summed E-state index contributed by atoms with van der Waals surface area (Å²) in [4.78, 5) is 18.4. The predicted molar refractivity (Wildman–Crippen MR) is 90.9 cm³/mol. The average molecular weight is 337 g/mol. The second-order valence-corrected chi connectivity index (χ2v) is 5.74. The standard InChI is InChI=1S/C17H27N3O4/c1-22-13-9-19-17(18-8-5-15-4-3-12-24-15)20-10-6-14(7-11-20)16(21)23-2/h3-4,12,14H,5-11,13H2,1-2H3,(H,18,19). The Kier molecular flexibility index (Phi) is 7.61. The van der Waals surface area contributed by atoms with Crippen molar-refractivity contribution in [3.05, 3.63) is 24.2 Å². The highest BCUT2D eigenvalue weighted by atomic mass is 16.5.